The van der Waals surface area contributed by atoms with E-state index in [1.807, 2.05) is 4.90 Å². The maximum absolute atomic E-state index is 11.1. The van der Waals surface area contributed by atoms with E-state index in [-0.39, 0.29) is 11.7 Å². The first-order valence-corrected chi connectivity index (χ1v) is 6.92. The Labute approximate surface area is 117 Å². The first kappa shape index (κ1) is 13.3. The van der Waals surface area contributed by atoms with Crippen LogP contribution >= 0.6 is 0 Å². The molecule has 0 unspecified atom stereocenters. The molecule has 0 aliphatic carbocycles. The number of likely N-dealkylation sites (tertiary alicyclic amines) is 1. The van der Waals surface area contributed by atoms with Crippen molar-refractivity contribution in [3.8, 4) is 0 Å². The molecule has 3 rings (SSSR count). The molecule has 1 aromatic heterocycles. The highest BCUT2D eigenvalue weighted by molar-refractivity contribution is 5.62. The first-order chi connectivity index (χ1) is 9.66. The molecule has 3 heterocycles. The quantitative estimate of drug-likeness (QED) is 0.645. The number of β-amino-alcohol motifs (C(OH)–C–C–N with tert-alkyl or cyclic N) is 1. The van der Waals surface area contributed by atoms with E-state index in [0.29, 0.717) is 18.8 Å². The van der Waals surface area contributed by atoms with E-state index in [9.17, 15) is 15.2 Å². The van der Waals surface area contributed by atoms with Crippen molar-refractivity contribution in [2.45, 2.75) is 25.0 Å². The summed E-state index contributed by atoms with van der Waals surface area (Å²) in [6.07, 6.45) is 4.70. The molecule has 2 fully saturated rings. The highest BCUT2D eigenvalue weighted by Crippen LogP contribution is 2.31. The van der Waals surface area contributed by atoms with E-state index in [1.54, 1.807) is 12.3 Å². The average molecular weight is 278 g/mol. The molecule has 2 aliphatic rings. The predicted octanol–water partition coefficient (Wildman–Crippen LogP) is 0.635. The second-order valence-corrected chi connectivity index (χ2v) is 5.40. The van der Waals surface area contributed by atoms with Crippen molar-refractivity contribution >= 4 is 11.4 Å². The van der Waals surface area contributed by atoms with Crippen molar-refractivity contribution in [3.63, 3.8) is 0 Å². The van der Waals surface area contributed by atoms with Crippen molar-refractivity contribution in [1.29, 1.82) is 0 Å². The van der Waals surface area contributed by atoms with Gasteiger partial charge in [0.2, 0.25) is 0 Å². The summed E-state index contributed by atoms with van der Waals surface area (Å²) in [4.78, 5) is 18.6. The van der Waals surface area contributed by atoms with Gasteiger partial charge < -0.3 is 10.0 Å². The molecule has 0 aromatic carbocycles. The molecule has 1 aromatic rings. The lowest BCUT2D eigenvalue weighted by molar-refractivity contribution is -0.384. The summed E-state index contributed by atoms with van der Waals surface area (Å²) in [5, 5.41) is 21.3. The predicted molar refractivity (Wildman–Crippen MR) is 73.7 cm³/mol. The largest absolute Gasteiger partial charge is 0.390 e. The summed E-state index contributed by atoms with van der Waals surface area (Å²) in [7, 11) is 0. The number of pyridine rings is 1. The fourth-order valence-electron chi connectivity index (χ4n) is 3.19. The van der Waals surface area contributed by atoms with Crippen LogP contribution in [0.15, 0.2) is 18.5 Å². The lowest BCUT2D eigenvalue weighted by atomic mass is 10.2. The number of aliphatic hydroxyl groups excluding tert-OH is 1. The molecule has 0 saturated carbocycles. The molecule has 1 N–H and O–H groups in total. The lowest BCUT2D eigenvalue weighted by Gasteiger charge is -2.25. The SMILES string of the molecule is O=[N+]([O-])c1cnccc1N1C[C@@H](N2CCCC2)[C@@H](O)C1. The van der Waals surface area contributed by atoms with Gasteiger partial charge in [0.25, 0.3) is 0 Å². The molecule has 0 amide bonds. The van der Waals surface area contributed by atoms with Crippen LogP contribution in [-0.2, 0) is 0 Å². The zero-order chi connectivity index (χ0) is 14.1. The third kappa shape index (κ3) is 2.34. The highest BCUT2D eigenvalue weighted by atomic mass is 16.6. The van der Waals surface area contributed by atoms with Gasteiger partial charge in [0.05, 0.1) is 17.1 Å². The van der Waals surface area contributed by atoms with E-state index < -0.39 is 11.0 Å². The van der Waals surface area contributed by atoms with Crippen LogP contribution in [0.25, 0.3) is 0 Å². The third-order valence-corrected chi connectivity index (χ3v) is 4.18. The van der Waals surface area contributed by atoms with Gasteiger partial charge in [-0.05, 0) is 32.0 Å². The molecule has 20 heavy (non-hydrogen) atoms. The number of anilines is 1. The van der Waals surface area contributed by atoms with Crippen molar-refractivity contribution in [2.24, 2.45) is 0 Å². The van der Waals surface area contributed by atoms with Crippen molar-refractivity contribution in [2.75, 3.05) is 31.1 Å². The molecule has 2 saturated heterocycles. The Kier molecular flexibility index (Phi) is 3.54. The minimum Gasteiger partial charge on any atom is -0.390 e. The number of aliphatic hydroxyl groups is 1. The minimum absolute atomic E-state index is 0.00164. The third-order valence-electron chi connectivity index (χ3n) is 4.18. The number of hydrogen-bond donors (Lipinski definition) is 1. The molecule has 0 bridgehead atoms. The minimum atomic E-state index is -0.458. The second kappa shape index (κ2) is 5.34. The summed E-state index contributed by atoms with van der Waals surface area (Å²) in [6.45, 7) is 3.08. The Morgan fingerprint density at radius 1 is 1.35 bits per heavy atom. The second-order valence-electron chi connectivity index (χ2n) is 5.40. The fraction of sp³-hybridized carbons (Fsp3) is 0.615. The first-order valence-electron chi connectivity index (χ1n) is 6.92. The van der Waals surface area contributed by atoms with Gasteiger partial charge in [-0.3, -0.25) is 20.0 Å². The summed E-state index contributed by atoms with van der Waals surface area (Å²) in [5.74, 6) is 0. The molecule has 7 nitrogen and oxygen atoms in total. The van der Waals surface area contributed by atoms with Crippen LogP contribution in [0.1, 0.15) is 12.8 Å². The molecule has 2 aliphatic heterocycles. The summed E-state index contributed by atoms with van der Waals surface area (Å²) < 4.78 is 0. The van der Waals surface area contributed by atoms with E-state index in [2.05, 4.69) is 9.88 Å². The molecule has 2 atom stereocenters. The average Bonchev–Trinajstić information content (AvgIpc) is 3.07. The zero-order valence-electron chi connectivity index (χ0n) is 11.2. The molecule has 0 spiro atoms. The maximum Gasteiger partial charge on any atom is 0.310 e. The van der Waals surface area contributed by atoms with Crippen LogP contribution in [0.4, 0.5) is 11.4 Å². The van der Waals surface area contributed by atoms with Crippen molar-refractivity contribution in [1.82, 2.24) is 9.88 Å². The van der Waals surface area contributed by atoms with Gasteiger partial charge in [0.1, 0.15) is 11.9 Å². The molecular formula is C13H18N4O3. The Balaban J connectivity index is 1.81. The topological polar surface area (TPSA) is 82.7 Å². The summed E-state index contributed by atoms with van der Waals surface area (Å²) >= 11 is 0. The number of nitrogens with zero attached hydrogens (tertiary/aromatic N) is 4. The standard InChI is InChI=1S/C13H18N4O3/c18-13-9-16(8-12(13)15-5-1-2-6-15)10-3-4-14-7-11(10)17(19)20/h3-4,7,12-13,18H,1-2,5-6,8-9H2/t12-,13+/m1/s1. The molecule has 0 radical (unpaired) electrons. The van der Waals surface area contributed by atoms with Crippen molar-refractivity contribution in [3.05, 3.63) is 28.6 Å². The molecular weight excluding hydrogens is 260 g/mol. The van der Waals surface area contributed by atoms with Gasteiger partial charge in [0, 0.05) is 19.3 Å². The van der Waals surface area contributed by atoms with E-state index >= 15 is 0 Å². The Morgan fingerprint density at radius 3 is 2.80 bits per heavy atom. The smallest absolute Gasteiger partial charge is 0.310 e. The summed E-state index contributed by atoms with van der Waals surface area (Å²) in [5.41, 5.74) is 0.549. The van der Waals surface area contributed by atoms with Crippen molar-refractivity contribution < 1.29 is 10.0 Å². The van der Waals surface area contributed by atoms with Crippen LogP contribution in [0, 0.1) is 10.1 Å². The lowest BCUT2D eigenvalue weighted by Crippen LogP contribution is -2.41. The van der Waals surface area contributed by atoms with Crippen LogP contribution in [-0.4, -0.2) is 58.2 Å². The van der Waals surface area contributed by atoms with Gasteiger partial charge in [-0.2, -0.15) is 0 Å². The number of rotatable bonds is 3. The van der Waals surface area contributed by atoms with Crippen LogP contribution in [0.5, 0.6) is 0 Å². The van der Waals surface area contributed by atoms with E-state index in [0.717, 1.165) is 13.1 Å². The maximum atomic E-state index is 11.1. The normalized spacial score (nSPS) is 27.1. The number of aromatic nitrogens is 1. The van der Waals surface area contributed by atoms with Gasteiger partial charge in [-0.25, -0.2) is 0 Å². The fourth-order valence-corrected chi connectivity index (χ4v) is 3.19. The van der Waals surface area contributed by atoms with Gasteiger partial charge in [-0.15, -0.1) is 0 Å². The van der Waals surface area contributed by atoms with Crippen LogP contribution in [0.2, 0.25) is 0 Å². The molecule has 108 valence electrons. The van der Waals surface area contributed by atoms with E-state index in [1.165, 1.54) is 19.0 Å². The van der Waals surface area contributed by atoms with Crippen LogP contribution < -0.4 is 4.90 Å². The van der Waals surface area contributed by atoms with Gasteiger partial charge in [-0.1, -0.05) is 0 Å². The highest BCUT2D eigenvalue weighted by Gasteiger charge is 2.38. The van der Waals surface area contributed by atoms with Crippen LogP contribution in [0.3, 0.4) is 0 Å². The monoisotopic (exact) mass is 278 g/mol. The van der Waals surface area contributed by atoms with E-state index in [4.69, 9.17) is 0 Å². The Morgan fingerprint density at radius 2 is 2.10 bits per heavy atom. The Hall–Kier alpha value is -1.73. The number of nitro groups is 1. The molecule has 7 heteroatoms. The summed E-state index contributed by atoms with van der Waals surface area (Å²) in [6, 6.07) is 1.72. The van der Waals surface area contributed by atoms with Gasteiger partial charge >= 0.3 is 5.69 Å². The number of hydrogen-bond acceptors (Lipinski definition) is 6. The zero-order valence-corrected chi connectivity index (χ0v) is 11.2. The Bertz CT molecular complexity index is 504. The van der Waals surface area contributed by atoms with Gasteiger partial charge in [0.15, 0.2) is 0 Å².